The summed E-state index contributed by atoms with van der Waals surface area (Å²) in [5, 5.41) is 7.89. The Morgan fingerprint density at radius 1 is 1.05 bits per heavy atom. The lowest BCUT2D eigenvalue weighted by Gasteiger charge is -2.07. The van der Waals surface area contributed by atoms with E-state index < -0.39 is 0 Å². The number of nitrogens with zero attached hydrogens (tertiary/aromatic N) is 1. The van der Waals surface area contributed by atoms with E-state index in [1.165, 1.54) is 23.3 Å². The van der Waals surface area contributed by atoms with Gasteiger partial charge in [0.2, 0.25) is 0 Å². The molecule has 0 spiro atoms. The van der Waals surface area contributed by atoms with Crippen molar-refractivity contribution in [2.45, 2.75) is 19.4 Å². The number of hydrogen-bond acceptors (Lipinski definition) is 2. The molecule has 3 rings (SSSR count). The molecule has 5 heteroatoms. The molecule has 2 N–H and O–H groups in total. The van der Waals surface area contributed by atoms with Gasteiger partial charge in [-0.05, 0) is 41.0 Å². The van der Waals surface area contributed by atoms with Crippen LogP contribution in [0.3, 0.4) is 0 Å². The third-order valence-electron chi connectivity index (χ3n) is 3.59. The van der Waals surface area contributed by atoms with Crippen LogP contribution >= 0.6 is 12.2 Å². The van der Waals surface area contributed by atoms with Gasteiger partial charge in [0.25, 0.3) is 0 Å². The van der Waals surface area contributed by atoms with Crippen LogP contribution in [0.15, 0.2) is 53.6 Å². The minimum Gasteiger partial charge on any atom is -0.357 e. The van der Waals surface area contributed by atoms with Gasteiger partial charge in [0, 0.05) is 25.1 Å². The Hall–Kier alpha value is -2.27. The molecule has 3 nitrogen and oxygen atoms in total. The molecule has 0 aliphatic heterocycles. The first-order valence-corrected chi connectivity index (χ1v) is 7.52. The molecule has 0 saturated heterocycles. The average molecular weight is 313 g/mol. The van der Waals surface area contributed by atoms with Gasteiger partial charge in [0.1, 0.15) is 5.82 Å². The third kappa shape index (κ3) is 3.68. The summed E-state index contributed by atoms with van der Waals surface area (Å²) in [7, 11) is 0. The molecule has 1 aliphatic rings. The predicted molar refractivity (Wildman–Crippen MR) is 90.3 cm³/mol. The molecule has 112 valence electrons. The van der Waals surface area contributed by atoms with Gasteiger partial charge in [-0.2, -0.15) is 5.10 Å². The number of hydrogen-bond donors (Lipinski definition) is 2. The van der Waals surface area contributed by atoms with Crippen LogP contribution in [0.1, 0.15) is 16.7 Å². The maximum absolute atomic E-state index is 12.8. The summed E-state index contributed by atoms with van der Waals surface area (Å²) in [5.41, 5.74) is 7.57. The summed E-state index contributed by atoms with van der Waals surface area (Å²) >= 11 is 5.20. The Morgan fingerprint density at radius 2 is 1.68 bits per heavy atom. The standard InChI is InChI=1S/C17H16FN3S/c18-15-7-5-12(6-8-15)11-19-17(22)21-20-16-9-13-3-1-2-4-14(13)10-16/h1-8H,9-11H2,(H2,19,21,22). The van der Waals surface area contributed by atoms with Crippen LogP contribution in [-0.4, -0.2) is 10.8 Å². The van der Waals surface area contributed by atoms with Gasteiger partial charge in [0.05, 0.1) is 0 Å². The normalized spacial score (nSPS) is 12.7. The number of hydrazone groups is 1. The lowest BCUT2D eigenvalue weighted by Crippen LogP contribution is -2.32. The summed E-state index contributed by atoms with van der Waals surface area (Å²) in [6.07, 6.45) is 1.73. The molecular weight excluding hydrogens is 297 g/mol. The van der Waals surface area contributed by atoms with Gasteiger partial charge >= 0.3 is 0 Å². The maximum atomic E-state index is 12.8. The molecule has 0 radical (unpaired) electrons. The fourth-order valence-electron chi connectivity index (χ4n) is 2.44. The van der Waals surface area contributed by atoms with E-state index >= 15 is 0 Å². The molecule has 0 atom stereocenters. The summed E-state index contributed by atoms with van der Waals surface area (Å²) in [5.74, 6) is -0.239. The SMILES string of the molecule is Fc1ccc(CNC(=S)NN=C2Cc3ccccc3C2)cc1. The highest BCUT2D eigenvalue weighted by atomic mass is 32.1. The Balaban J connectivity index is 1.49. The summed E-state index contributed by atoms with van der Waals surface area (Å²) in [4.78, 5) is 0. The van der Waals surface area contributed by atoms with Crippen LogP contribution in [0, 0.1) is 5.82 Å². The van der Waals surface area contributed by atoms with E-state index in [1.807, 2.05) is 12.1 Å². The Morgan fingerprint density at radius 3 is 2.32 bits per heavy atom. The van der Waals surface area contributed by atoms with E-state index in [2.05, 4.69) is 28.0 Å². The van der Waals surface area contributed by atoms with E-state index in [9.17, 15) is 4.39 Å². The van der Waals surface area contributed by atoms with Gasteiger partial charge in [-0.3, -0.25) is 5.43 Å². The predicted octanol–water partition coefficient (Wildman–Crippen LogP) is 2.94. The quantitative estimate of drug-likeness (QED) is 0.676. The van der Waals surface area contributed by atoms with Crippen molar-refractivity contribution >= 4 is 23.0 Å². The maximum Gasteiger partial charge on any atom is 0.187 e. The average Bonchev–Trinajstić information content (AvgIpc) is 2.95. The number of nitrogens with one attached hydrogen (secondary N) is 2. The van der Waals surface area contributed by atoms with Gasteiger partial charge in [0.15, 0.2) is 5.11 Å². The molecule has 0 saturated carbocycles. The highest BCUT2D eigenvalue weighted by molar-refractivity contribution is 7.80. The van der Waals surface area contributed by atoms with Crippen LogP contribution in [0.25, 0.3) is 0 Å². The largest absolute Gasteiger partial charge is 0.357 e. The lowest BCUT2D eigenvalue weighted by molar-refractivity contribution is 0.626. The minimum atomic E-state index is -0.239. The topological polar surface area (TPSA) is 36.4 Å². The second kappa shape index (κ2) is 6.66. The Bertz CT molecular complexity index is 683. The van der Waals surface area contributed by atoms with Crippen molar-refractivity contribution in [1.29, 1.82) is 0 Å². The zero-order chi connectivity index (χ0) is 15.4. The minimum absolute atomic E-state index is 0.239. The van der Waals surface area contributed by atoms with E-state index in [4.69, 9.17) is 12.2 Å². The second-order valence-electron chi connectivity index (χ2n) is 5.22. The fraction of sp³-hybridized carbons (Fsp3) is 0.176. The smallest absolute Gasteiger partial charge is 0.187 e. The van der Waals surface area contributed by atoms with Crippen molar-refractivity contribution in [3.63, 3.8) is 0 Å². The first-order valence-electron chi connectivity index (χ1n) is 7.11. The lowest BCUT2D eigenvalue weighted by atomic mass is 10.1. The number of benzene rings is 2. The zero-order valence-corrected chi connectivity index (χ0v) is 12.8. The molecule has 22 heavy (non-hydrogen) atoms. The van der Waals surface area contributed by atoms with Crippen molar-refractivity contribution in [1.82, 2.24) is 10.7 Å². The number of thiocarbonyl (C=S) groups is 1. The van der Waals surface area contributed by atoms with Crippen LogP contribution in [-0.2, 0) is 19.4 Å². The van der Waals surface area contributed by atoms with Gasteiger partial charge in [-0.1, -0.05) is 36.4 Å². The van der Waals surface area contributed by atoms with Crippen molar-refractivity contribution in [3.8, 4) is 0 Å². The van der Waals surface area contributed by atoms with Crippen molar-refractivity contribution < 1.29 is 4.39 Å². The molecule has 0 aromatic heterocycles. The molecule has 2 aromatic rings. The molecule has 0 bridgehead atoms. The second-order valence-corrected chi connectivity index (χ2v) is 5.63. The number of halogens is 1. The van der Waals surface area contributed by atoms with Crippen LogP contribution in [0.4, 0.5) is 4.39 Å². The van der Waals surface area contributed by atoms with E-state index in [-0.39, 0.29) is 5.82 Å². The van der Waals surface area contributed by atoms with Crippen LogP contribution < -0.4 is 10.7 Å². The first-order chi connectivity index (χ1) is 10.7. The van der Waals surface area contributed by atoms with Crippen molar-refractivity contribution in [2.24, 2.45) is 5.10 Å². The highest BCUT2D eigenvalue weighted by Gasteiger charge is 2.15. The number of fused-ring (bicyclic) bond motifs is 1. The van der Waals surface area contributed by atoms with Crippen molar-refractivity contribution in [2.75, 3.05) is 0 Å². The van der Waals surface area contributed by atoms with Crippen LogP contribution in [0.2, 0.25) is 0 Å². The van der Waals surface area contributed by atoms with Gasteiger partial charge in [-0.25, -0.2) is 4.39 Å². The molecular formula is C17H16FN3S. The molecule has 1 aliphatic carbocycles. The van der Waals surface area contributed by atoms with E-state index in [0.717, 1.165) is 24.1 Å². The molecule has 0 unspecified atom stereocenters. The molecule has 0 amide bonds. The number of rotatable bonds is 3. The first kappa shape index (κ1) is 14.7. The molecule has 0 fully saturated rings. The zero-order valence-electron chi connectivity index (χ0n) is 12.0. The van der Waals surface area contributed by atoms with Crippen molar-refractivity contribution in [3.05, 3.63) is 71.0 Å². The van der Waals surface area contributed by atoms with E-state index in [0.29, 0.717) is 11.7 Å². The summed E-state index contributed by atoms with van der Waals surface area (Å²) in [6.45, 7) is 0.539. The molecule has 0 heterocycles. The van der Waals surface area contributed by atoms with E-state index in [1.54, 1.807) is 12.1 Å². The van der Waals surface area contributed by atoms with Gasteiger partial charge in [-0.15, -0.1) is 0 Å². The Kier molecular flexibility index (Phi) is 4.44. The monoisotopic (exact) mass is 313 g/mol. The van der Waals surface area contributed by atoms with Crippen LogP contribution in [0.5, 0.6) is 0 Å². The third-order valence-corrected chi connectivity index (χ3v) is 3.82. The molecule has 2 aromatic carbocycles. The fourth-order valence-corrected chi connectivity index (χ4v) is 2.56. The highest BCUT2D eigenvalue weighted by Crippen LogP contribution is 2.19. The summed E-state index contributed by atoms with van der Waals surface area (Å²) < 4.78 is 12.8. The summed E-state index contributed by atoms with van der Waals surface area (Å²) in [6, 6.07) is 14.7. The Labute approximate surface area is 134 Å². The van der Waals surface area contributed by atoms with Gasteiger partial charge < -0.3 is 5.32 Å².